The van der Waals surface area contributed by atoms with Gasteiger partial charge in [0.2, 0.25) is 11.8 Å². The van der Waals surface area contributed by atoms with E-state index in [0.29, 0.717) is 19.4 Å². The van der Waals surface area contributed by atoms with E-state index in [9.17, 15) is 9.59 Å². The standard InChI is InChI=1S/C19H20Br2N2O3/c1-13-10-15(21)7-8-17(13)23-19(25)12-22-18(24)6-3-9-26-16-5-2-4-14(20)11-16/h2,4-5,7-8,10-11H,3,6,9,12H2,1H3,(H,22,24)(H,23,25). The van der Waals surface area contributed by atoms with Gasteiger partial charge in [0, 0.05) is 21.1 Å². The van der Waals surface area contributed by atoms with Crippen LogP contribution in [0.1, 0.15) is 18.4 Å². The fraction of sp³-hybridized carbons (Fsp3) is 0.263. The highest BCUT2D eigenvalue weighted by molar-refractivity contribution is 9.10. The molecule has 0 aromatic heterocycles. The van der Waals surface area contributed by atoms with Crippen LogP contribution in [0, 0.1) is 6.92 Å². The number of ether oxygens (including phenoxy) is 1. The summed E-state index contributed by atoms with van der Waals surface area (Å²) in [7, 11) is 0. The van der Waals surface area contributed by atoms with Gasteiger partial charge in [0.15, 0.2) is 0 Å². The first-order valence-electron chi connectivity index (χ1n) is 8.15. The summed E-state index contributed by atoms with van der Waals surface area (Å²) in [5.74, 6) is 0.323. The number of nitrogens with one attached hydrogen (secondary N) is 2. The van der Waals surface area contributed by atoms with Crippen molar-refractivity contribution in [1.82, 2.24) is 5.32 Å². The lowest BCUT2D eigenvalue weighted by atomic mass is 10.2. The van der Waals surface area contributed by atoms with Crippen molar-refractivity contribution in [3.05, 3.63) is 57.0 Å². The minimum absolute atomic E-state index is 0.0547. The molecule has 26 heavy (non-hydrogen) atoms. The van der Waals surface area contributed by atoms with Gasteiger partial charge in [0.05, 0.1) is 13.2 Å². The van der Waals surface area contributed by atoms with Crippen LogP contribution in [-0.2, 0) is 9.59 Å². The van der Waals surface area contributed by atoms with E-state index >= 15 is 0 Å². The normalized spacial score (nSPS) is 10.3. The first-order chi connectivity index (χ1) is 12.4. The number of benzene rings is 2. The highest BCUT2D eigenvalue weighted by atomic mass is 79.9. The Hall–Kier alpha value is -1.86. The molecule has 0 spiro atoms. The fourth-order valence-electron chi connectivity index (χ4n) is 2.21. The van der Waals surface area contributed by atoms with E-state index in [2.05, 4.69) is 42.5 Å². The number of hydrogen-bond acceptors (Lipinski definition) is 3. The Morgan fingerprint density at radius 2 is 1.81 bits per heavy atom. The third-order valence-electron chi connectivity index (χ3n) is 3.52. The van der Waals surface area contributed by atoms with E-state index in [4.69, 9.17) is 4.74 Å². The summed E-state index contributed by atoms with van der Waals surface area (Å²) in [6, 6.07) is 13.1. The molecule has 0 aliphatic carbocycles. The molecular weight excluding hydrogens is 464 g/mol. The van der Waals surface area contributed by atoms with Gasteiger partial charge < -0.3 is 15.4 Å². The molecular formula is C19H20Br2N2O3. The van der Waals surface area contributed by atoms with E-state index < -0.39 is 0 Å². The SMILES string of the molecule is Cc1cc(Br)ccc1NC(=O)CNC(=O)CCCOc1cccc(Br)c1. The number of carbonyl (C=O) groups is 2. The summed E-state index contributed by atoms with van der Waals surface area (Å²) in [5.41, 5.74) is 1.68. The van der Waals surface area contributed by atoms with Gasteiger partial charge in [-0.3, -0.25) is 9.59 Å². The maximum atomic E-state index is 11.9. The van der Waals surface area contributed by atoms with Crippen molar-refractivity contribution in [3.63, 3.8) is 0 Å². The molecule has 7 heteroatoms. The van der Waals surface area contributed by atoms with Crippen molar-refractivity contribution in [2.24, 2.45) is 0 Å². The second-order valence-electron chi connectivity index (χ2n) is 5.69. The zero-order chi connectivity index (χ0) is 18.9. The van der Waals surface area contributed by atoms with Crippen LogP contribution in [0.4, 0.5) is 5.69 Å². The maximum absolute atomic E-state index is 11.9. The third-order valence-corrected chi connectivity index (χ3v) is 4.51. The molecule has 138 valence electrons. The van der Waals surface area contributed by atoms with Crippen molar-refractivity contribution in [1.29, 1.82) is 0 Å². The summed E-state index contributed by atoms with van der Waals surface area (Å²) in [6.45, 7) is 2.29. The average Bonchev–Trinajstić information content (AvgIpc) is 2.59. The summed E-state index contributed by atoms with van der Waals surface area (Å²) in [4.78, 5) is 23.8. The van der Waals surface area contributed by atoms with Gasteiger partial charge in [-0.15, -0.1) is 0 Å². The monoisotopic (exact) mass is 482 g/mol. The number of rotatable bonds is 8. The third kappa shape index (κ3) is 7.17. The molecule has 0 radical (unpaired) electrons. The van der Waals surface area contributed by atoms with Gasteiger partial charge >= 0.3 is 0 Å². The number of aryl methyl sites for hydroxylation is 1. The van der Waals surface area contributed by atoms with Crippen LogP contribution < -0.4 is 15.4 Å². The first-order valence-corrected chi connectivity index (χ1v) is 9.74. The number of halogens is 2. The molecule has 0 unspecified atom stereocenters. The lowest BCUT2D eigenvalue weighted by Gasteiger charge is -2.10. The summed E-state index contributed by atoms with van der Waals surface area (Å²) in [5, 5.41) is 5.40. The minimum Gasteiger partial charge on any atom is -0.494 e. The highest BCUT2D eigenvalue weighted by Crippen LogP contribution is 2.20. The Balaban J connectivity index is 1.64. The molecule has 0 saturated carbocycles. The number of anilines is 1. The smallest absolute Gasteiger partial charge is 0.243 e. The molecule has 0 heterocycles. The Kier molecular flexibility index (Phi) is 8.12. The zero-order valence-electron chi connectivity index (χ0n) is 14.4. The molecule has 2 aromatic rings. The van der Waals surface area contributed by atoms with Crippen LogP contribution in [0.2, 0.25) is 0 Å². The Labute approximate surface area is 169 Å². The summed E-state index contributed by atoms with van der Waals surface area (Å²) >= 11 is 6.75. The molecule has 2 amide bonds. The van der Waals surface area contributed by atoms with Crippen LogP contribution in [0.15, 0.2) is 51.4 Å². The lowest BCUT2D eigenvalue weighted by Crippen LogP contribution is -2.33. The van der Waals surface area contributed by atoms with Gasteiger partial charge in [-0.1, -0.05) is 37.9 Å². The molecule has 2 rings (SSSR count). The maximum Gasteiger partial charge on any atom is 0.243 e. The lowest BCUT2D eigenvalue weighted by molar-refractivity contribution is -0.124. The fourth-order valence-corrected chi connectivity index (χ4v) is 3.06. The molecule has 0 aliphatic rings. The molecule has 5 nitrogen and oxygen atoms in total. The van der Waals surface area contributed by atoms with Crippen molar-refractivity contribution >= 4 is 49.4 Å². The van der Waals surface area contributed by atoms with Gasteiger partial charge in [-0.25, -0.2) is 0 Å². The predicted octanol–water partition coefficient (Wildman–Crippen LogP) is 4.43. The predicted molar refractivity (Wildman–Crippen MR) is 109 cm³/mol. The molecule has 0 atom stereocenters. The molecule has 0 aliphatic heterocycles. The van der Waals surface area contributed by atoms with E-state index in [0.717, 1.165) is 25.9 Å². The highest BCUT2D eigenvalue weighted by Gasteiger charge is 2.08. The van der Waals surface area contributed by atoms with Gasteiger partial charge in [-0.2, -0.15) is 0 Å². The van der Waals surface area contributed by atoms with E-state index in [1.807, 2.05) is 49.4 Å². The second-order valence-corrected chi connectivity index (χ2v) is 7.52. The van der Waals surface area contributed by atoms with Crippen molar-refractivity contribution < 1.29 is 14.3 Å². The van der Waals surface area contributed by atoms with E-state index in [-0.39, 0.29) is 18.4 Å². The minimum atomic E-state index is -0.255. The Morgan fingerprint density at radius 3 is 2.54 bits per heavy atom. The topological polar surface area (TPSA) is 67.4 Å². The van der Waals surface area contributed by atoms with Crippen LogP contribution >= 0.6 is 31.9 Å². The number of carbonyl (C=O) groups excluding carboxylic acids is 2. The van der Waals surface area contributed by atoms with Crippen molar-refractivity contribution in [3.8, 4) is 5.75 Å². The summed E-state index contributed by atoms with van der Waals surface area (Å²) in [6.07, 6.45) is 0.879. The van der Waals surface area contributed by atoms with Crippen LogP contribution in [-0.4, -0.2) is 25.0 Å². The average molecular weight is 484 g/mol. The number of amides is 2. The Bertz CT molecular complexity index is 781. The largest absolute Gasteiger partial charge is 0.494 e. The second kappa shape index (κ2) is 10.3. The van der Waals surface area contributed by atoms with E-state index in [1.54, 1.807) is 0 Å². The van der Waals surface area contributed by atoms with Gasteiger partial charge in [-0.05, 0) is 55.3 Å². The van der Waals surface area contributed by atoms with Gasteiger partial charge in [0.1, 0.15) is 5.75 Å². The summed E-state index contributed by atoms with van der Waals surface area (Å²) < 4.78 is 7.47. The number of hydrogen-bond donors (Lipinski definition) is 2. The molecule has 0 saturated heterocycles. The van der Waals surface area contributed by atoms with E-state index in [1.165, 1.54) is 0 Å². The van der Waals surface area contributed by atoms with Crippen LogP contribution in [0.25, 0.3) is 0 Å². The van der Waals surface area contributed by atoms with Crippen LogP contribution in [0.5, 0.6) is 5.75 Å². The zero-order valence-corrected chi connectivity index (χ0v) is 17.5. The van der Waals surface area contributed by atoms with Gasteiger partial charge in [0.25, 0.3) is 0 Å². The van der Waals surface area contributed by atoms with Crippen molar-refractivity contribution in [2.45, 2.75) is 19.8 Å². The molecule has 0 bridgehead atoms. The molecule has 2 aromatic carbocycles. The quantitative estimate of drug-likeness (QED) is 0.545. The molecule has 2 N–H and O–H groups in total. The molecule has 0 fully saturated rings. The van der Waals surface area contributed by atoms with Crippen LogP contribution in [0.3, 0.4) is 0 Å². The first kappa shape index (κ1) is 20.5. The van der Waals surface area contributed by atoms with Crippen molar-refractivity contribution in [2.75, 3.05) is 18.5 Å². The Morgan fingerprint density at radius 1 is 1.04 bits per heavy atom.